The molecular weight excluding hydrogens is 360 g/mol. The zero-order valence-corrected chi connectivity index (χ0v) is 15.7. The van der Waals surface area contributed by atoms with E-state index >= 15 is 0 Å². The summed E-state index contributed by atoms with van der Waals surface area (Å²) in [6.07, 6.45) is -0.150. The van der Waals surface area contributed by atoms with E-state index in [1.165, 1.54) is 10.7 Å². The molecular formula is C20H24N4O4. The van der Waals surface area contributed by atoms with Crippen molar-refractivity contribution in [3.63, 3.8) is 0 Å². The Morgan fingerprint density at radius 2 is 1.82 bits per heavy atom. The number of rotatable bonds is 4. The Kier molecular flexibility index (Phi) is 5.68. The molecule has 148 valence electrons. The van der Waals surface area contributed by atoms with Crippen molar-refractivity contribution in [3.8, 4) is 0 Å². The number of carbonyl (C=O) groups excluding carboxylic acids is 1. The van der Waals surface area contributed by atoms with Crippen LogP contribution in [-0.2, 0) is 20.8 Å². The van der Waals surface area contributed by atoms with Gasteiger partial charge >= 0.3 is 0 Å². The molecule has 2 aliphatic rings. The van der Waals surface area contributed by atoms with Crippen LogP contribution in [0.5, 0.6) is 0 Å². The summed E-state index contributed by atoms with van der Waals surface area (Å²) in [4.78, 5) is 28.8. The van der Waals surface area contributed by atoms with E-state index in [-0.39, 0.29) is 24.1 Å². The molecule has 28 heavy (non-hydrogen) atoms. The molecule has 0 aliphatic carbocycles. The number of benzene rings is 1. The summed E-state index contributed by atoms with van der Waals surface area (Å²) < 4.78 is 12.4. The molecule has 0 radical (unpaired) electrons. The van der Waals surface area contributed by atoms with Crippen molar-refractivity contribution in [2.24, 2.45) is 0 Å². The fraction of sp³-hybridized carbons (Fsp3) is 0.450. The molecule has 4 rings (SSSR count). The van der Waals surface area contributed by atoms with Gasteiger partial charge in [0.2, 0.25) is 5.91 Å². The van der Waals surface area contributed by atoms with Crippen LogP contribution in [0.1, 0.15) is 11.7 Å². The van der Waals surface area contributed by atoms with E-state index in [1.54, 1.807) is 11.0 Å². The molecule has 2 aromatic rings. The highest BCUT2D eigenvalue weighted by molar-refractivity contribution is 5.76. The van der Waals surface area contributed by atoms with Crippen LogP contribution < -0.4 is 10.5 Å². The maximum Gasteiger partial charge on any atom is 0.267 e. The lowest BCUT2D eigenvalue weighted by atomic mass is 10.1. The van der Waals surface area contributed by atoms with Crippen LogP contribution in [0.2, 0.25) is 0 Å². The summed E-state index contributed by atoms with van der Waals surface area (Å²) in [5.41, 5.74) is 0.767. The molecule has 8 nitrogen and oxygen atoms in total. The van der Waals surface area contributed by atoms with E-state index in [1.807, 2.05) is 30.3 Å². The van der Waals surface area contributed by atoms with Crippen LogP contribution in [0.3, 0.4) is 0 Å². The van der Waals surface area contributed by atoms with Gasteiger partial charge in [-0.05, 0) is 11.6 Å². The van der Waals surface area contributed by atoms with Crippen LogP contribution >= 0.6 is 0 Å². The zero-order valence-electron chi connectivity index (χ0n) is 15.7. The average molecular weight is 384 g/mol. The Hall–Kier alpha value is -2.71. The quantitative estimate of drug-likeness (QED) is 0.772. The van der Waals surface area contributed by atoms with Crippen LogP contribution in [0.15, 0.2) is 47.3 Å². The molecule has 1 amide bonds. The van der Waals surface area contributed by atoms with Gasteiger partial charge in [-0.2, -0.15) is 5.10 Å². The first-order valence-electron chi connectivity index (χ1n) is 9.56. The average Bonchev–Trinajstić information content (AvgIpc) is 2.76. The monoisotopic (exact) mass is 384 g/mol. The van der Waals surface area contributed by atoms with Crippen LogP contribution in [-0.4, -0.2) is 66.6 Å². The lowest BCUT2D eigenvalue weighted by Gasteiger charge is -2.33. The molecule has 2 saturated heterocycles. The van der Waals surface area contributed by atoms with E-state index in [0.29, 0.717) is 38.7 Å². The molecule has 1 unspecified atom stereocenters. The van der Waals surface area contributed by atoms with Gasteiger partial charge in [-0.15, -0.1) is 0 Å². The van der Waals surface area contributed by atoms with E-state index in [2.05, 4.69) is 10.00 Å². The number of aromatic nitrogens is 2. The molecule has 2 fully saturated rings. The van der Waals surface area contributed by atoms with E-state index < -0.39 is 0 Å². The molecule has 8 heteroatoms. The first-order chi connectivity index (χ1) is 13.7. The first kappa shape index (κ1) is 18.6. The summed E-state index contributed by atoms with van der Waals surface area (Å²) in [5.74, 6) is 0.567. The number of ether oxygens (including phenoxy) is 2. The Morgan fingerprint density at radius 1 is 1.04 bits per heavy atom. The Labute approximate surface area is 163 Å². The van der Waals surface area contributed by atoms with Crippen molar-refractivity contribution >= 4 is 11.7 Å². The van der Waals surface area contributed by atoms with Crippen molar-refractivity contribution in [2.45, 2.75) is 12.6 Å². The van der Waals surface area contributed by atoms with Crippen LogP contribution in [0, 0.1) is 0 Å². The van der Waals surface area contributed by atoms with Gasteiger partial charge in [0.25, 0.3) is 5.56 Å². The van der Waals surface area contributed by atoms with E-state index in [9.17, 15) is 9.59 Å². The normalized spacial score (nSPS) is 20.2. The standard InChI is InChI=1S/C20H24N4O4/c25-19-7-6-18(22-8-11-27-12-9-22)21-24(19)15-20(26)23-10-13-28-17(14-23)16-4-2-1-3-5-16/h1-7,17H,8-15H2. The number of hydrogen-bond acceptors (Lipinski definition) is 6. The smallest absolute Gasteiger partial charge is 0.267 e. The van der Waals surface area contributed by atoms with Gasteiger partial charge in [0.1, 0.15) is 18.5 Å². The summed E-state index contributed by atoms with van der Waals surface area (Å²) >= 11 is 0. The number of amides is 1. The van der Waals surface area contributed by atoms with Gasteiger partial charge in [0, 0.05) is 25.7 Å². The molecule has 0 bridgehead atoms. The SMILES string of the molecule is O=C(Cn1nc(N2CCOCC2)ccc1=O)N1CCOC(c2ccccc2)C1. The highest BCUT2D eigenvalue weighted by Crippen LogP contribution is 2.22. The summed E-state index contributed by atoms with van der Waals surface area (Å²) in [5, 5.41) is 4.40. The van der Waals surface area contributed by atoms with Crippen LogP contribution in [0.4, 0.5) is 5.82 Å². The number of carbonyl (C=O) groups is 1. The minimum Gasteiger partial charge on any atom is -0.378 e. The van der Waals surface area contributed by atoms with Crippen molar-refractivity contribution < 1.29 is 14.3 Å². The van der Waals surface area contributed by atoms with E-state index in [4.69, 9.17) is 9.47 Å². The predicted molar refractivity (Wildman–Crippen MR) is 103 cm³/mol. The van der Waals surface area contributed by atoms with Gasteiger partial charge < -0.3 is 19.3 Å². The highest BCUT2D eigenvalue weighted by atomic mass is 16.5. The predicted octanol–water partition coefficient (Wildman–Crippen LogP) is 0.680. The minimum absolute atomic E-state index is 0.0709. The summed E-state index contributed by atoms with van der Waals surface area (Å²) in [7, 11) is 0. The molecule has 0 N–H and O–H groups in total. The summed E-state index contributed by atoms with van der Waals surface area (Å²) in [6.45, 7) is 4.10. The molecule has 1 aromatic carbocycles. The van der Waals surface area contributed by atoms with E-state index in [0.717, 1.165) is 18.7 Å². The fourth-order valence-electron chi connectivity index (χ4n) is 3.49. The molecule has 0 spiro atoms. The molecule has 1 aromatic heterocycles. The third-order valence-corrected chi connectivity index (χ3v) is 5.06. The lowest BCUT2D eigenvalue weighted by molar-refractivity contribution is -0.139. The number of morpholine rings is 2. The van der Waals surface area contributed by atoms with Gasteiger partial charge in [-0.25, -0.2) is 4.68 Å². The fourth-order valence-corrected chi connectivity index (χ4v) is 3.49. The third-order valence-electron chi connectivity index (χ3n) is 5.06. The largest absolute Gasteiger partial charge is 0.378 e. The van der Waals surface area contributed by atoms with Gasteiger partial charge in [-0.1, -0.05) is 30.3 Å². The second-order valence-electron chi connectivity index (χ2n) is 6.90. The number of hydrogen-bond donors (Lipinski definition) is 0. The number of anilines is 1. The van der Waals surface area contributed by atoms with Crippen molar-refractivity contribution in [3.05, 3.63) is 58.4 Å². The molecule has 2 aliphatic heterocycles. The Balaban J connectivity index is 1.45. The zero-order chi connectivity index (χ0) is 19.3. The topological polar surface area (TPSA) is 76.9 Å². The Bertz CT molecular complexity index is 864. The maximum absolute atomic E-state index is 12.8. The van der Waals surface area contributed by atoms with Gasteiger partial charge in [0.05, 0.1) is 26.4 Å². The minimum atomic E-state index is -0.279. The molecule has 0 saturated carbocycles. The summed E-state index contributed by atoms with van der Waals surface area (Å²) in [6, 6.07) is 13.0. The van der Waals surface area contributed by atoms with Gasteiger partial charge in [-0.3, -0.25) is 9.59 Å². The second-order valence-corrected chi connectivity index (χ2v) is 6.90. The first-order valence-corrected chi connectivity index (χ1v) is 9.56. The number of nitrogens with zero attached hydrogens (tertiary/aromatic N) is 4. The molecule has 1 atom stereocenters. The third kappa shape index (κ3) is 4.23. The lowest BCUT2D eigenvalue weighted by Crippen LogP contribution is -2.45. The van der Waals surface area contributed by atoms with Crippen LogP contribution in [0.25, 0.3) is 0 Å². The second kappa shape index (κ2) is 8.53. The van der Waals surface area contributed by atoms with Crippen molar-refractivity contribution in [2.75, 3.05) is 50.9 Å². The Morgan fingerprint density at radius 3 is 2.61 bits per heavy atom. The maximum atomic E-state index is 12.8. The highest BCUT2D eigenvalue weighted by Gasteiger charge is 2.26. The molecule has 3 heterocycles. The van der Waals surface area contributed by atoms with Crippen molar-refractivity contribution in [1.82, 2.24) is 14.7 Å². The van der Waals surface area contributed by atoms with Gasteiger partial charge in [0.15, 0.2) is 0 Å². The van der Waals surface area contributed by atoms with Crippen molar-refractivity contribution in [1.29, 1.82) is 0 Å².